The molecule has 0 radical (unpaired) electrons. The number of nitrogens with one attached hydrogen (secondary N) is 1. The van der Waals surface area contributed by atoms with Gasteiger partial charge >= 0.3 is 0 Å². The van der Waals surface area contributed by atoms with Crippen molar-refractivity contribution in [2.75, 3.05) is 26.9 Å². The molecule has 0 saturated carbocycles. The van der Waals surface area contributed by atoms with E-state index in [4.69, 9.17) is 9.84 Å². The number of nitrogens with zero attached hydrogens (tertiary/aromatic N) is 2. The largest absolute Gasteiger partial charge is 0.395 e. The molecule has 0 aliphatic rings. The molecule has 2 N–H and O–H groups in total. The number of rotatable bonds is 7. The number of ether oxygens (including phenoxy) is 1. The molecule has 0 saturated heterocycles. The first-order chi connectivity index (χ1) is 8.11. The van der Waals surface area contributed by atoms with Crippen LogP contribution in [0.25, 0.3) is 0 Å². The van der Waals surface area contributed by atoms with E-state index in [0.29, 0.717) is 13.2 Å². The van der Waals surface area contributed by atoms with Crippen molar-refractivity contribution < 1.29 is 9.84 Å². The van der Waals surface area contributed by atoms with Crippen molar-refractivity contribution in [3.8, 4) is 0 Å². The van der Waals surface area contributed by atoms with Crippen LogP contribution < -0.4 is 5.32 Å². The Bertz CT molecular complexity index is 350. The highest BCUT2D eigenvalue weighted by Gasteiger charge is 2.16. The molecular weight excluding hydrogens is 218 g/mol. The third-order valence-corrected chi connectivity index (χ3v) is 2.94. The SMILES string of the molecule is COCCn1nc(C)c(C(C)NCCO)c1C. The Hall–Kier alpha value is -0.910. The van der Waals surface area contributed by atoms with Crippen LogP contribution in [0.4, 0.5) is 0 Å². The highest BCUT2D eigenvalue weighted by Crippen LogP contribution is 2.20. The molecule has 1 heterocycles. The minimum absolute atomic E-state index is 0.153. The van der Waals surface area contributed by atoms with Crippen LogP contribution in [-0.4, -0.2) is 41.8 Å². The Labute approximate surface area is 103 Å². The molecule has 98 valence electrons. The molecule has 1 aromatic rings. The Morgan fingerprint density at radius 3 is 2.76 bits per heavy atom. The molecule has 5 nitrogen and oxygen atoms in total. The zero-order chi connectivity index (χ0) is 12.8. The first-order valence-corrected chi connectivity index (χ1v) is 5.98. The highest BCUT2D eigenvalue weighted by atomic mass is 16.5. The van der Waals surface area contributed by atoms with Crippen molar-refractivity contribution >= 4 is 0 Å². The van der Waals surface area contributed by atoms with Gasteiger partial charge in [0.25, 0.3) is 0 Å². The molecule has 5 heteroatoms. The Morgan fingerprint density at radius 2 is 2.18 bits per heavy atom. The lowest BCUT2D eigenvalue weighted by Crippen LogP contribution is -2.23. The maximum Gasteiger partial charge on any atom is 0.0658 e. The Balaban J connectivity index is 2.80. The summed E-state index contributed by atoms with van der Waals surface area (Å²) in [5.41, 5.74) is 3.42. The number of aliphatic hydroxyl groups excluding tert-OH is 1. The average molecular weight is 241 g/mol. The minimum atomic E-state index is 0.153. The van der Waals surface area contributed by atoms with Gasteiger partial charge in [-0.05, 0) is 20.8 Å². The van der Waals surface area contributed by atoms with E-state index >= 15 is 0 Å². The van der Waals surface area contributed by atoms with Crippen LogP contribution >= 0.6 is 0 Å². The summed E-state index contributed by atoms with van der Waals surface area (Å²) in [6.07, 6.45) is 0. The van der Waals surface area contributed by atoms with Crippen LogP contribution in [0.5, 0.6) is 0 Å². The summed E-state index contributed by atoms with van der Waals surface area (Å²) in [7, 11) is 1.69. The summed E-state index contributed by atoms with van der Waals surface area (Å²) in [6, 6.07) is 0.207. The number of aryl methyl sites for hydroxylation is 1. The van der Waals surface area contributed by atoms with Crippen molar-refractivity contribution in [1.29, 1.82) is 0 Å². The average Bonchev–Trinajstić information content (AvgIpc) is 2.59. The van der Waals surface area contributed by atoms with E-state index in [-0.39, 0.29) is 12.6 Å². The van der Waals surface area contributed by atoms with Gasteiger partial charge in [-0.25, -0.2) is 0 Å². The fourth-order valence-corrected chi connectivity index (χ4v) is 2.12. The molecule has 0 spiro atoms. The summed E-state index contributed by atoms with van der Waals surface area (Å²) in [5, 5.41) is 16.6. The van der Waals surface area contributed by atoms with E-state index in [9.17, 15) is 0 Å². The maximum atomic E-state index is 8.82. The molecule has 1 unspecified atom stereocenters. The molecule has 1 rings (SSSR count). The molecule has 1 aromatic heterocycles. The van der Waals surface area contributed by atoms with E-state index < -0.39 is 0 Å². The molecule has 17 heavy (non-hydrogen) atoms. The predicted octanol–water partition coefficient (Wildman–Crippen LogP) is 0.789. The number of hydrogen-bond acceptors (Lipinski definition) is 4. The van der Waals surface area contributed by atoms with Gasteiger partial charge in [0.2, 0.25) is 0 Å². The van der Waals surface area contributed by atoms with Gasteiger partial charge in [-0.2, -0.15) is 5.10 Å². The predicted molar refractivity (Wildman–Crippen MR) is 67.1 cm³/mol. The van der Waals surface area contributed by atoms with Crippen LogP contribution in [0.1, 0.15) is 29.9 Å². The van der Waals surface area contributed by atoms with E-state index in [1.807, 2.05) is 11.6 Å². The normalized spacial score (nSPS) is 13.0. The van der Waals surface area contributed by atoms with E-state index in [1.165, 1.54) is 5.56 Å². The van der Waals surface area contributed by atoms with Crippen molar-refractivity contribution in [1.82, 2.24) is 15.1 Å². The van der Waals surface area contributed by atoms with Crippen LogP contribution in [0.2, 0.25) is 0 Å². The highest BCUT2D eigenvalue weighted by molar-refractivity contribution is 5.27. The second-order valence-corrected chi connectivity index (χ2v) is 4.20. The van der Waals surface area contributed by atoms with Gasteiger partial charge in [0.15, 0.2) is 0 Å². The fourth-order valence-electron chi connectivity index (χ4n) is 2.12. The van der Waals surface area contributed by atoms with Gasteiger partial charge < -0.3 is 15.2 Å². The van der Waals surface area contributed by atoms with Crippen LogP contribution in [0.3, 0.4) is 0 Å². The molecule has 0 aliphatic carbocycles. The van der Waals surface area contributed by atoms with Gasteiger partial charge in [-0.15, -0.1) is 0 Å². The van der Waals surface area contributed by atoms with Gasteiger partial charge in [0.1, 0.15) is 0 Å². The van der Waals surface area contributed by atoms with E-state index in [0.717, 1.165) is 17.9 Å². The summed E-state index contributed by atoms with van der Waals surface area (Å²) >= 11 is 0. The minimum Gasteiger partial charge on any atom is -0.395 e. The third kappa shape index (κ3) is 3.52. The molecule has 0 amide bonds. The number of methoxy groups -OCH3 is 1. The summed E-state index contributed by atoms with van der Waals surface area (Å²) < 4.78 is 7.04. The first-order valence-electron chi connectivity index (χ1n) is 5.98. The zero-order valence-electron chi connectivity index (χ0n) is 11.2. The lowest BCUT2D eigenvalue weighted by Gasteiger charge is -2.14. The molecule has 0 fully saturated rings. The van der Waals surface area contributed by atoms with Gasteiger partial charge in [0, 0.05) is 31.0 Å². The van der Waals surface area contributed by atoms with Gasteiger partial charge in [0.05, 0.1) is 25.5 Å². The second kappa shape index (κ2) is 6.74. The van der Waals surface area contributed by atoms with Crippen LogP contribution in [-0.2, 0) is 11.3 Å². The summed E-state index contributed by atoms with van der Waals surface area (Å²) in [4.78, 5) is 0. The molecule has 0 bridgehead atoms. The van der Waals surface area contributed by atoms with Gasteiger partial charge in [-0.3, -0.25) is 4.68 Å². The number of aromatic nitrogens is 2. The fraction of sp³-hybridized carbons (Fsp3) is 0.750. The second-order valence-electron chi connectivity index (χ2n) is 4.20. The number of aliphatic hydroxyl groups is 1. The third-order valence-electron chi connectivity index (χ3n) is 2.94. The molecular formula is C12H23N3O2. The Morgan fingerprint density at radius 1 is 1.47 bits per heavy atom. The number of hydrogen-bond donors (Lipinski definition) is 2. The smallest absolute Gasteiger partial charge is 0.0658 e. The van der Waals surface area contributed by atoms with Crippen molar-refractivity contribution in [2.24, 2.45) is 0 Å². The van der Waals surface area contributed by atoms with Gasteiger partial charge in [-0.1, -0.05) is 0 Å². The quantitative estimate of drug-likeness (QED) is 0.741. The topological polar surface area (TPSA) is 59.3 Å². The van der Waals surface area contributed by atoms with E-state index in [2.05, 4.69) is 24.3 Å². The monoisotopic (exact) mass is 241 g/mol. The zero-order valence-corrected chi connectivity index (χ0v) is 11.2. The summed E-state index contributed by atoms with van der Waals surface area (Å²) in [5.74, 6) is 0. The standard InChI is InChI=1S/C12H23N3O2/c1-9(13-5-7-16)12-10(2)14-15(11(12)3)6-8-17-4/h9,13,16H,5-8H2,1-4H3. The molecule has 0 aliphatic heterocycles. The summed E-state index contributed by atoms with van der Waals surface area (Å²) in [6.45, 7) is 8.37. The van der Waals surface area contributed by atoms with Crippen molar-refractivity contribution in [2.45, 2.75) is 33.4 Å². The lowest BCUT2D eigenvalue weighted by atomic mass is 10.1. The van der Waals surface area contributed by atoms with Crippen molar-refractivity contribution in [3.63, 3.8) is 0 Å². The van der Waals surface area contributed by atoms with Crippen LogP contribution in [0, 0.1) is 13.8 Å². The molecule has 1 atom stereocenters. The lowest BCUT2D eigenvalue weighted by molar-refractivity contribution is 0.182. The van der Waals surface area contributed by atoms with Crippen molar-refractivity contribution in [3.05, 3.63) is 17.0 Å². The van der Waals surface area contributed by atoms with Crippen LogP contribution in [0.15, 0.2) is 0 Å². The Kier molecular flexibility index (Phi) is 5.61. The van der Waals surface area contributed by atoms with E-state index in [1.54, 1.807) is 7.11 Å². The first kappa shape index (κ1) is 14.2. The molecule has 0 aromatic carbocycles. The maximum absolute atomic E-state index is 8.82.